The van der Waals surface area contributed by atoms with Crippen molar-refractivity contribution in [2.45, 2.75) is 52.9 Å². The summed E-state index contributed by atoms with van der Waals surface area (Å²) in [5.74, 6) is -1.11. The van der Waals surface area contributed by atoms with E-state index in [4.69, 9.17) is 5.11 Å². The Balaban J connectivity index is 2.58. The zero-order valence-corrected chi connectivity index (χ0v) is 14.6. The van der Waals surface area contributed by atoms with Gasteiger partial charge < -0.3 is 15.7 Å². The predicted octanol–water partition coefficient (Wildman–Crippen LogP) is 3.09. The lowest BCUT2D eigenvalue weighted by Crippen LogP contribution is -2.26. The maximum absolute atomic E-state index is 12.4. The van der Waals surface area contributed by atoms with Gasteiger partial charge in [-0.05, 0) is 32.3 Å². The number of rotatable bonds is 9. The van der Waals surface area contributed by atoms with Crippen LogP contribution in [0.5, 0.6) is 0 Å². The number of nitrogens with one attached hydrogen (secondary N) is 2. The van der Waals surface area contributed by atoms with Gasteiger partial charge in [-0.2, -0.15) is 0 Å². The maximum Gasteiger partial charge on any atom is 0.303 e. The average Bonchev–Trinajstić information content (AvgIpc) is 2.76. The van der Waals surface area contributed by atoms with Crippen molar-refractivity contribution in [1.82, 2.24) is 5.32 Å². The number of unbranched alkanes of at least 4 members (excludes halogenated alkanes) is 2. The van der Waals surface area contributed by atoms with E-state index in [0.717, 1.165) is 23.3 Å². The third kappa shape index (κ3) is 6.02. The molecule has 0 fully saturated rings. The normalized spacial score (nSPS) is 10.4. The fourth-order valence-corrected chi connectivity index (χ4v) is 3.15. The molecule has 3 N–H and O–H groups in total. The number of hydrogen-bond acceptors (Lipinski definition) is 4. The summed E-state index contributed by atoms with van der Waals surface area (Å²) in [5, 5.41) is 14.8. The molecule has 7 heteroatoms. The SMILES string of the molecule is CCC(=O)Nc1sc(C)c(C)c1C(=O)NCCCCCC(=O)O. The minimum atomic E-state index is -0.797. The van der Waals surface area contributed by atoms with Crippen molar-refractivity contribution in [3.05, 3.63) is 16.0 Å². The Hall–Kier alpha value is -1.89. The minimum absolute atomic E-state index is 0.117. The number of thiophene rings is 1. The van der Waals surface area contributed by atoms with E-state index < -0.39 is 5.97 Å². The Morgan fingerprint density at radius 1 is 1.13 bits per heavy atom. The van der Waals surface area contributed by atoms with E-state index in [2.05, 4.69) is 10.6 Å². The van der Waals surface area contributed by atoms with E-state index >= 15 is 0 Å². The highest BCUT2D eigenvalue weighted by Crippen LogP contribution is 2.32. The van der Waals surface area contributed by atoms with Gasteiger partial charge in [-0.3, -0.25) is 14.4 Å². The summed E-state index contributed by atoms with van der Waals surface area (Å²) in [5.41, 5.74) is 1.41. The van der Waals surface area contributed by atoms with E-state index in [9.17, 15) is 14.4 Å². The molecule has 1 aromatic rings. The Morgan fingerprint density at radius 2 is 1.83 bits per heavy atom. The van der Waals surface area contributed by atoms with Crippen molar-refractivity contribution in [3.8, 4) is 0 Å². The van der Waals surface area contributed by atoms with Crippen LogP contribution in [0.3, 0.4) is 0 Å². The van der Waals surface area contributed by atoms with Crippen LogP contribution in [0, 0.1) is 13.8 Å². The fourth-order valence-electron chi connectivity index (χ4n) is 2.07. The number of anilines is 1. The van der Waals surface area contributed by atoms with E-state index in [-0.39, 0.29) is 18.2 Å². The molecular formula is C16H24N2O4S. The molecule has 1 rings (SSSR count). The van der Waals surface area contributed by atoms with Gasteiger partial charge in [-0.15, -0.1) is 11.3 Å². The number of carboxylic acids is 1. The number of hydrogen-bond donors (Lipinski definition) is 3. The fraction of sp³-hybridized carbons (Fsp3) is 0.562. The quantitative estimate of drug-likeness (QED) is 0.602. The number of carbonyl (C=O) groups excluding carboxylic acids is 2. The van der Waals surface area contributed by atoms with Gasteiger partial charge in [0.05, 0.1) is 5.56 Å². The first-order valence-electron chi connectivity index (χ1n) is 7.76. The highest BCUT2D eigenvalue weighted by molar-refractivity contribution is 7.16. The molecular weight excluding hydrogens is 316 g/mol. The third-order valence-electron chi connectivity index (χ3n) is 3.54. The summed E-state index contributed by atoms with van der Waals surface area (Å²) in [6, 6.07) is 0. The summed E-state index contributed by atoms with van der Waals surface area (Å²) in [4.78, 5) is 35.4. The average molecular weight is 340 g/mol. The molecule has 0 aromatic carbocycles. The molecule has 6 nitrogen and oxygen atoms in total. The van der Waals surface area contributed by atoms with Gasteiger partial charge in [0.2, 0.25) is 5.91 Å². The molecule has 2 amide bonds. The van der Waals surface area contributed by atoms with Crippen molar-refractivity contribution in [3.63, 3.8) is 0 Å². The summed E-state index contributed by atoms with van der Waals surface area (Å²) in [6.45, 7) is 6.05. The summed E-state index contributed by atoms with van der Waals surface area (Å²) >= 11 is 1.41. The zero-order chi connectivity index (χ0) is 17.4. The highest BCUT2D eigenvalue weighted by Gasteiger charge is 2.20. The topological polar surface area (TPSA) is 95.5 Å². The first kappa shape index (κ1) is 19.2. The van der Waals surface area contributed by atoms with Gasteiger partial charge in [-0.25, -0.2) is 0 Å². The van der Waals surface area contributed by atoms with Gasteiger partial charge >= 0.3 is 5.97 Å². The summed E-state index contributed by atoms with van der Waals surface area (Å²) in [7, 11) is 0. The second-order valence-electron chi connectivity index (χ2n) is 5.35. The van der Waals surface area contributed by atoms with Gasteiger partial charge in [0, 0.05) is 24.3 Å². The van der Waals surface area contributed by atoms with Gasteiger partial charge in [0.15, 0.2) is 0 Å². The van der Waals surface area contributed by atoms with Crippen molar-refractivity contribution in [1.29, 1.82) is 0 Å². The van der Waals surface area contributed by atoms with Crippen LogP contribution in [0.25, 0.3) is 0 Å². The number of aryl methyl sites for hydroxylation is 1. The standard InChI is InChI=1S/C16H24N2O4S/c1-4-12(19)18-16-14(10(2)11(3)23-16)15(22)17-9-7-5-6-8-13(20)21/h4-9H2,1-3H3,(H,17,22)(H,18,19)(H,20,21). The van der Waals surface area contributed by atoms with Crippen LogP contribution in [0.1, 0.15) is 59.8 Å². The minimum Gasteiger partial charge on any atom is -0.481 e. The molecule has 23 heavy (non-hydrogen) atoms. The number of aliphatic carboxylic acids is 1. The molecule has 0 aliphatic carbocycles. The van der Waals surface area contributed by atoms with Crippen LogP contribution in [0.15, 0.2) is 0 Å². The first-order valence-corrected chi connectivity index (χ1v) is 8.58. The van der Waals surface area contributed by atoms with E-state index in [1.165, 1.54) is 11.3 Å². The lowest BCUT2D eigenvalue weighted by Gasteiger charge is -2.08. The van der Waals surface area contributed by atoms with Crippen molar-refractivity contribution in [2.75, 3.05) is 11.9 Å². The van der Waals surface area contributed by atoms with Gasteiger partial charge in [0.1, 0.15) is 5.00 Å². The van der Waals surface area contributed by atoms with Crippen LogP contribution >= 0.6 is 11.3 Å². The molecule has 0 atom stereocenters. The zero-order valence-electron chi connectivity index (χ0n) is 13.8. The first-order chi connectivity index (χ1) is 10.9. The Morgan fingerprint density at radius 3 is 2.43 bits per heavy atom. The summed E-state index contributed by atoms with van der Waals surface area (Å²) < 4.78 is 0. The smallest absolute Gasteiger partial charge is 0.303 e. The molecule has 0 aliphatic heterocycles. The lowest BCUT2D eigenvalue weighted by atomic mass is 10.1. The Kier molecular flexibility index (Phi) is 7.74. The highest BCUT2D eigenvalue weighted by atomic mass is 32.1. The monoisotopic (exact) mass is 340 g/mol. The lowest BCUT2D eigenvalue weighted by molar-refractivity contribution is -0.137. The van der Waals surface area contributed by atoms with Crippen LogP contribution in [-0.2, 0) is 9.59 Å². The second kappa shape index (κ2) is 9.29. The van der Waals surface area contributed by atoms with Crippen LogP contribution in [-0.4, -0.2) is 29.4 Å². The van der Waals surface area contributed by atoms with E-state index in [1.807, 2.05) is 13.8 Å². The molecule has 128 valence electrons. The third-order valence-corrected chi connectivity index (χ3v) is 4.66. The Bertz CT molecular complexity index is 581. The Labute approximate surface area is 140 Å². The van der Waals surface area contributed by atoms with Crippen molar-refractivity contribution in [2.24, 2.45) is 0 Å². The van der Waals surface area contributed by atoms with Gasteiger partial charge in [-0.1, -0.05) is 13.3 Å². The summed E-state index contributed by atoms with van der Waals surface area (Å²) in [6.07, 6.45) is 2.62. The van der Waals surface area contributed by atoms with Crippen LogP contribution in [0.4, 0.5) is 5.00 Å². The van der Waals surface area contributed by atoms with E-state index in [1.54, 1.807) is 6.92 Å². The van der Waals surface area contributed by atoms with Crippen molar-refractivity contribution >= 4 is 34.1 Å². The molecule has 1 heterocycles. The number of carboxylic acid groups (broad SMARTS) is 1. The molecule has 0 saturated carbocycles. The molecule has 1 aromatic heterocycles. The van der Waals surface area contributed by atoms with Crippen LogP contribution in [0.2, 0.25) is 0 Å². The van der Waals surface area contributed by atoms with Crippen molar-refractivity contribution < 1.29 is 19.5 Å². The maximum atomic E-state index is 12.4. The number of amides is 2. The van der Waals surface area contributed by atoms with Crippen LogP contribution < -0.4 is 10.6 Å². The van der Waals surface area contributed by atoms with E-state index in [0.29, 0.717) is 30.0 Å². The number of carbonyl (C=O) groups is 3. The molecule has 0 saturated heterocycles. The molecule has 0 spiro atoms. The largest absolute Gasteiger partial charge is 0.481 e. The predicted molar refractivity (Wildman–Crippen MR) is 91.2 cm³/mol. The molecule has 0 bridgehead atoms. The molecule has 0 unspecified atom stereocenters. The van der Waals surface area contributed by atoms with Gasteiger partial charge in [0.25, 0.3) is 5.91 Å². The second-order valence-corrected chi connectivity index (χ2v) is 6.57. The molecule has 0 aliphatic rings. The molecule has 0 radical (unpaired) electrons.